The van der Waals surface area contributed by atoms with E-state index in [9.17, 15) is 9.59 Å². The number of hydrogen-bond acceptors (Lipinski definition) is 7. The third kappa shape index (κ3) is 5.72. The molecule has 0 unspecified atom stereocenters. The van der Waals surface area contributed by atoms with Gasteiger partial charge < -0.3 is 14.6 Å². The van der Waals surface area contributed by atoms with E-state index < -0.39 is 0 Å². The Bertz CT molecular complexity index is 1140. The van der Waals surface area contributed by atoms with Gasteiger partial charge in [-0.3, -0.25) is 4.79 Å². The van der Waals surface area contributed by atoms with E-state index in [4.69, 9.17) is 4.74 Å². The molecule has 9 heteroatoms. The maximum absolute atomic E-state index is 12.7. The number of amides is 1. The van der Waals surface area contributed by atoms with Crippen molar-refractivity contribution in [1.29, 1.82) is 0 Å². The first kappa shape index (κ1) is 23.3. The number of esters is 1. The van der Waals surface area contributed by atoms with Crippen LogP contribution in [0.1, 0.15) is 53.0 Å². The first-order valence-electron chi connectivity index (χ1n) is 10.9. The lowest BCUT2D eigenvalue weighted by atomic mass is 10.1. The zero-order chi connectivity index (χ0) is 23.2. The van der Waals surface area contributed by atoms with E-state index in [0.717, 1.165) is 29.8 Å². The fourth-order valence-corrected chi connectivity index (χ4v) is 5.33. The summed E-state index contributed by atoms with van der Waals surface area (Å²) >= 11 is 2.69. The monoisotopic (exact) mass is 482 g/mol. The molecule has 0 saturated heterocycles. The quantitative estimate of drug-likeness (QED) is 0.238. The van der Waals surface area contributed by atoms with Crippen LogP contribution in [0.2, 0.25) is 0 Å². The molecule has 2 aromatic heterocycles. The number of allylic oxidation sites excluding steroid dienone is 1. The highest BCUT2D eigenvalue weighted by molar-refractivity contribution is 7.99. The largest absolute Gasteiger partial charge is 0.462 e. The number of anilines is 1. The van der Waals surface area contributed by atoms with Gasteiger partial charge in [0, 0.05) is 13.0 Å². The fraction of sp³-hybridized carbons (Fsp3) is 0.333. The molecular formula is C24H26N4O3S2. The number of hydrogen-bond donors (Lipinski definition) is 1. The molecule has 4 rings (SSSR count). The number of aromatic nitrogens is 3. The summed E-state index contributed by atoms with van der Waals surface area (Å²) in [4.78, 5) is 25.2. The van der Waals surface area contributed by atoms with Crippen molar-refractivity contribution in [2.75, 3.05) is 17.7 Å². The van der Waals surface area contributed by atoms with Crippen LogP contribution in [-0.4, -0.2) is 39.0 Å². The standard InChI is InChI=1S/C24H26N4O3S2/c1-3-12-28-19(13-16-8-6-5-7-9-16)26-27-24(28)33-15-20(29)25-22-21(23(30)31-4-2)18(14-32-22)17-10-11-17/h3,5-9,14,17H,1,4,10-13,15H2,2H3,(H,25,29). The van der Waals surface area contributed by atoms with Gasteiger partial charge in [0.25, 0.3) is 0 Å². The Kier molecular flexibility index (Phi) is 7.61. The van der Waals surface area contributed by atoms with Gasteiger partial charge in [-0.1, -0.05) is 48.2 Å². The lowest BCUT2D eigenvalue weighted by molar-refractivity contribution is -0.113. The van der Waals surface area contributed by atoms with E-state index in [2.05, 4.69) is 22.1 Å². The molecule has 1 aliphatic carbocycles. The number of benzene rings is 1. The molecule has 2 heterocycles. The molecule has 3 aromatic rings. The van der Waals surface area contributed by atoms with Gasteiger partial charge in [0.05, 0.1) is 17.9 Å². The van der Waals surface area contributed by atoms with Gasteiger partial charge in [0.2, 0.25) is 5.91 Å². The molecule has 0 aliphatic heterocycles. The van der Waals surface area contributed by atoms with Gasteiger partial charge in [-0.15, -0.1) is 28.1 Å². The zero-order valence-electron chi connectivity index (χ0n) is 18.5. The van der Waals surface area contributed by atoms with Crippen LogP contribution in [0.5, 0.6) is 0 Å². The summed E-state index contributed by atoms with van der Waals surface area (Å²) in [5, 5.41) is 14.7. The van der Waals surface area contributed by atoms with E-state index in [1.807, 2.05) is 40.3 Å². The van der Waals surface area contributed by atoms with Gasteiger partial charge in [-0.05, 0) is 42.2 Å². The highest BCUT2D eigenvalue weighted by atomic mass is 32.2. The summed E-state index contributed by atoms with van der Waals surface area (Å²) in [5.74, 6) is 0.786. The van der Waals surface area contributed by atoms with Gasteiger partial charge in [-0.25, -0.2) is 4.79 Å². The van der Waals surface area contributed by atoms with Crippen LogP contribution < -0.4 is 5.32 Å². The van der Waals surface area contributed by atoms with Crippen molar-refractivity contribution in [3.63, 3.8) is 0 Å². The van der Waals surface area contributed by atoms with Crippen LogP contribution in [0.15, 0.2) is 53.5 Å². The van der Waals surface area contributed by atoms with Crippen LogP contribution in [0.25, 0.3) is 0 Å². The summed E-state index contributed by atoms with van der Waals surface area (Å²) < 4.78 is 7.20. The maximum atomic E-state index is 12.7. The van der Waals surface area contributed by atoms with Crippen LogP contribution in [-0.2, 0) is 22.5 Å². The van der Waals surface area contributed by atoms with Crippen molar-refractivity contribution in [2.45, 2.75) is 43.8 Å². The van der Waals surface area contributed by atoms with Crippen LogP contribution in [0.3, 0.4) is 0 Å². The van der Waals surface area contributed by atoms with Gasteiger partial charge in [0.1, 0.15) is 10.8 Å². The van der Waals surface area contributed by atoms with Gasteiger partial charge >= 0.3 is 5.97 Å². The average Bonchev–Trinajstić information content (AvgIpc) is 3.47. The second-order valence-corrected chi connectivity index (χ2v) is 9.51. The number of ether oxygens (including phenoxy) is 1. The Hall–Kier alpha value is -2.91. The topological polar surface area (TPSA) is 86.1 Å². The molecule has 1 fully saturated rings. The first-order chi connectivity index (χ1) is 16.1. The van der Waals surface area contributed by atoms with E-state index in [-0.39, 0.29) is 17.6 Å². The molecule has 1 saturated carbocycles. The molecule has 1 N–H and O–H groups in total. The summed E-state index contributed by atoms with van der Waals surface area (Å²) in [5.41, 5.74) is 2.63. The Morgan fingerprint density at radius 1 is 1.30 bits per heavy atom. The van der Waals surface area contributed by atoms with Crippen LogP contribution in [0.4, 0.5) is 5.00 Å². The SMILES string of the molecule is C=CCn1c(Cc2ccccc2)nnc1SCC(=O)Nc1scc(C2CC2)c1C(=O)OCC. The maximum Gasteiger partial charge on any atom is 0.341 e. The predicted molar refractivity (Wildman–Crippen MR) is 131 cm³/mol. The minimum Gasteiger partial charge on any atom is -0.462 e. The van der Waals surface area contributed by atoms with Crippen molar-refractivity contribution in [2.24, 2.45) is 0 Å². The summed E-state index contributed by atoms with van der Waals surface area (Å²) in [7, 11) is 0. The highest BCUT2D eigenvalue weighted by Gasteiger charge is 2.32. The van der Waals surface area contributed by atoms with Crippen LogP contribution in [0, 0.1) is 0 Å². The Morgan fingerprint density at radius 3 is 2.79 bits per heavy atom. The number of nitrogens with one attached hydrogen (secondary N) is 1. The molecule has 33 heavy (non-hydrogen) atoms. The van der Waals surface area contributed by atoms with E-state index in [0.29, 0.717) is 41.2 Å². The Labute approximate surface area is 201 Å². The molecule has 0 bridgehead atoms. The number of thiophene rings is 1. The number of rotatable bonds is 11. The molecule has 0 radical (unpaired) electrons. The Morgan fingerprint density at radius 2 is 2.09 bits per heavy atom. The van der Waals surface area contributed by atoms with Crippen LogP contribution >= 0.6 is 23.1 Å². The minimum atomic E-state index is -0.375. The van der Waals surface area contributed by atoms with Crippen molar-refractivity contribution in [3.05, 3.63) is 70.9 Å². The number of carbonyl (C=O) groups is 2. The molecule has 7 nitrogen and oxygen atoms in total. The fourth-order valence-electron chi connectivity index (χ4n) is 3.51. The molecular weight excluding hydrogens is 456 g/mol. The number of nitrogens with zero attached hydrogens (tertiary/aromatic N) is 3. The predicted octanol–water partition coefficient (Wildman–Crippen LogP) is 4.90. The zero-order valence-corrected chi connectivity index (χ0v) is 20.1. The second-order valence-electron chi connectivity index (χ2n) is 7.69. The third-order valence-corrected chi connectivity index (χ3v) is 7.09. The number of thioether (sulfide) groups is 1. The highest BCUT2D eigenvalue weighted by Crippen LogP contribution is 2.46. The normalized spacial score (nSPS) is 13.0. The van der Waals surface area contributed by atoms with Crippen molar-refractivity contribution in [3.8, 4) is 0 Å². The Balaban J connectivity index is 1.43. The molecule has 0 spiro atoms. The smallest absolute Gasteiger partial charge is 0.341 e. The van der Waals surface area contributed by atoms with Gasteiger partial charge in [-0.2, -0.15) is 0 Å². The van der Waals surface area contributed by atoms with Crippen molar-refractivity contribution >= 4 is 40.0 Å². The molecule has 1 amide bonds. The van der Waals surface area contributed by atoms with Crippen molar-refractivity contribution < 1.29 is 14.3 Å². The number of carbonyl (C=O) groups excluding carboxylic acids is 2. The average molecular weight is 483 g/mol. The summed E-state index contributed by atoms with van der Waals surface area (Å²) in [6, 6.07) is 10.1. The second kappa shape index (κ2) is 10.8. The van der Waals surface area contributed by atoms with E-state index in [1.165, 1.54) is 23.1 Å². The first-order valence-corrected chi connectivity index (χ1v) is 12.7. The third-order valence-electron chi connectivity index (χ3n) is 5.21. The molecule has 0 atom stereocenters. The minimum absolute atomic E-state index is 0.152. The molecule has 1 aromatic carbocycles. The lowest BCUT2D eigenvalue weighted by Crippen LogP contribution is -2.17. The molecule has 172 valence electrons. The lowest BCUT2D eigenvalue weighted by Gasteiger charge is -2.09. The summed E-state index contributed by atoms with van der Waals surface area (Å²) in [6.45, 7) is 6.47. The molecule has 1 aliphatic rings. The van der Waals surface area contributed by atoms with E-state index >= 15 is 0 Å². The summed E-state index contributed by atoms with van der Waals surface area (Å²) in [6.07, 6.45) is 4.57. The van der Waals surface area contributed by atoms with Gasteiger partial charge in [0.15, 0.2) is 5.16 Å². The van der Waals surface area contributed by atoms with Crippen molar-refractivity contribution in [1.82, 2.24) is 14.8 Å². The van der Waals surface area contributed by atoms with E-state index in [1.54, 1.807) is 13.0 Å².